The first-order valence-corrected chi connectivity index (χ1v) is 11.5. The highest BCUT2D eigenvalue weighted by atomic mass is 79.9. The van der Waals surface area contributed by atoms with Crippen LogP contribution in [0.5, 0.6) is 5.75 Å². The van der Waals surface area contributed by atoms with E-state index in [0.717, 1.165) is 15.2 Å². The van der Waals surface area contributed by atoms with Gasteiger partial charge in [-0.25, -0.2) is 10.3 Å². The number of phenols is 1. The maximum Gasteiger partial charge on any atom is 0.412 e. The number of carbonyl (C=O) groups is 2. The fourth-order valence-corrected chi connectivity index (χ4v) is 4.15. The second kappa shape index (κ2) is 11.2. The molecule has 3 rings (SSSR count). The van der Waals surface area contributed by atoms with Crippen molar-refractivity contribution in [1.29, 1.82) is 0 Å². The van der Waals surface area contributed by atoms with Crippen molar-refractivity contribution < 1.29 is 24.6 Å². The molecule has 0 unspecified atom stereocenters. The van der Waals surface area contributed by atoms with E-state index in [0.29, 0.717) is 24.1 Å². The highest BCUT2D eigenvalue weighted by Gasteiger charge is 2.35. The highest BCUT2D eigenvalue weighted by Crippen LogP contribution is 2.44. The van der Waals surface area contributed by atoms with Gasteiger partial charge < -0.3 is 9.84 Å². The van der Waals surface area contributed by atoms with Crippen LogP contribution in [0.15, 0.2) is 77.3 Å². The molecule has 0 heterocycles. The number of amides is 2. The van der Waals surface area contributed by atoms with Crippen molar-refractivity contribution in [3.63, 3.8) is 0 Å². The summed E-state index contributed by atoms with van der Waals surface area (Å²) in [6, 6.07) is 18.3. The molecule has 0 aliphatic rings. The molecule has 4 N–H and O–H groups in total. The summed E-state index contributed by atoms with van der Waals surface area (Å²) in [6.07, 6.45) is 2.43. The molecule has 178 valence electrons. The number of fused-ring (bicyclic) bond motifs is 1. The largest absolute Gasteiger partial charge is 0.508 e. The van der Waals surface area contributed by atoms with E-state index in [1.54, 1.807) is 35.8 Å². The van der Waals surface area contributed by atoms with Crippen LogP contribution in [0, 0.1) is 5.41 Å². The number of hydrogen-bond acceptors (Lipinski definition) is 5. The third kappa shape index (κ3) is 6.36. The number of benzene rings is 3. The molecule has 0 aliphatic heterocycles. The van der Waals surface area contributed by atoms with Gasteiger partial charge in [-0.2, -0.15) is 0 Å². The van der Waals surface area contributed by atoms with Gasteiger partial charge in [0.1, 0.15) is 11.9 Å². The molecule has 7 nitrogen and oxygen atoms in total. The molecule has 0 radical (unpaired) electrons. The van der Waals surface area contributed by atoms with Crippen molar-refractivity contribution in [2.45, 2.75) is 32.8 Å². The standard InChI is InChI=1S/C26H27BrN2O5/c1-26(2,15-6-5-12-23(31)29-33)24(20-16-18(27)13-14-22(20)30)34-25(32)28-21-11-7-9-17-8-3-4-10-19(17)21/h3-5,7-14,16,24,30,33H,6,15H2,1-2H3,(H,28,32)(H,29,31)/b12-5+/t24-/m1/s1. The quantitative estimate of drug-likeness (QED) is 0.153. The number of rotatable bonds is 8. The predicted molar refractivity (Wildman–Crippen MR) is 135 cm³/mol. The van der Waals surface area contributed by atoms with Gasteiger partial charge >= 0.3 is 6.09 Å². The van der Waals surface area contributed by atoms with E-state index in [-0.39, 0.29) is 5.75 Å². The molecule has 0 aromatic heterocycles. The monoisotopic (exact) mass is 526 g/mol. The molecule has 2 amide bonds. The van der Waals surface area contributed by atoms with Crippen molar-refractivity contribution >= 4 is 44.4 Å². The van der Waals surface area contributed by atoms with Gasteiger partial charge in [-0.05, 0) is 42.5 Å². The van der Waals surface area contributed by atoms with Crippen molar-refractivity contribution in [3.8, 4) is 5.75 Å². The van der Waals surface area contributed by atoms with Crippen LogP contribution in [-0.4, -0.2) is 22.3 Å². The Morgan fingerprint density at radius 3 is 2.62 bits per heavy atom. The number of ether oxygens (including phenoxy) is 1. The van der Waals surface area contributed by atoms with Gasteiger partial charge in [0.2, 0.25) is 0 Å². The van der Waals surface area contributed by atoms with E-state index in [9.17, 15) is 14.7 Å². The number of phenolic OH excluding ortho intramolecular Hbond substituents is 1. The summed E-state index contributed by atoms with van der Waals surface area (Å²) in [7, 11) is 0. The lowest BCUT2D eigenvalue weighted by Crippen LogP contribution is -2.29. The summed E-state index contributed by atoms with van der Waals surface area (Å²) in [6.45, 7) is 3.84. The minimum atomic E-state index is -0.792. The van der Waals surface area contributed by atoms with Crippen LogP contribution in [0.3, 0.4) is 0 Å². The molecule has 0 saturated carbocycles. The van der Waals surface area contributed by atoms with E-state index in [2.05, 4.69) is 21.2 Å². The number of carbonyl (C=O) groups excluding carboxylic acids is 2. The van der Waals surface area contributed by atoms with Gasteiger partial charge in [0.05, 0.1) is 5.69 Å². The first kappa shape index (κ1) is 25.3. The lowest BCUT2D eigenvalue weighted by atomic mass is 9.78. The van der Waals surface area contributed by atoms with E-state index < -0.39 is 23.5 Å². The Balaban J connectivity index is 1.86. The molecule has 34 heavy (non-hydrogen) atoms. The number of allylic oxidation sites excluding steroid dienone is 1. The molecule has 3 aromatic rings. The van der Waals surface area contributed by atoms with Gasteiger partial charge in [-0.3, -0.25) is 15.3 Å². The van der Waals surface area contributed by atoms with E-state index in [4.69, 9.17) is 9.94 Å². The summed E-state index contributed by atoms with van der Waals surface area (Å²) in [5.74, 6) is -0.612. The fraction of sp³-hybridized carbons (Fsp3) is 0.231. The number of aromatic hydroxyl groups is 1. The Morgan fingerprint density at radius 2 is 1.85 bits per heavy atom. The number of nitrogens with one attached hydrogen (secondary N) is 2. The molecule has 8 heteroatoms. The van der Waals surface area contributed by atoms with E-state index >= 15 is 0 Å². The Morgan fingerprint density at radius 1 is 1.12 bits per heavy atom. The maximum absolute atomic E-state index is 13.0. The zero-order chi connectivity index (χ0) is 24.7. The summed E-state index contributed by atoms with van der Waals surface area (Å²) < 4.78 is 6.65. The molecule has 0 spiro atoms. The van der Waals surface area contributed by atoms with Gasteiger partial charge in [0.25, 0.3) is 5.91 Å². The van der Waals surface area contributed by atoms with Gasteiger partial charge in [0.15, 0.2) is 0 Å². The lowest BCUT2D eigenvalue weighted by Gasteiger charge is -2.34. The molecule has 3 aromatic carbocycles. The van der Waals surface area contributed by atoms with Gasteiger partial charge in [-0.15, -0.1) is 0 Å². The van der Waals surface area contributed by atoms with Crippen LogP contribution in [-0.2, 0) is 9.53 Å². The Bertz CT molecular complexity index is 1200. The second-order valence-corrected chi connectivity index (χ2v) is 9.46. The van der Waals surface area contributed by atoms with Crippen LogP contribution in [0.25, 0.3) is 10.8 Å². The lowest BCUT2D eigenvalue weighted by molar-refractivity contribution is -0.124. The maximum atomic E-state index is 13.0. The summed E-state index contributed by atoms with van der Waals surface area (Å²) in [5, 5.41) is 23.9. The third-order valence-electron chi connectivity index (χ3n) is 5.57. The Kier molecular flexibility index (Phi) is 8.31. The van der Waals surface area contributed by atoms with Crippen molar-refractivity contribution in [3.05, 3.63) is 82.9 Å². The molecular weight excluding hydrogens is 500 g/mol. The molecule has 0 bridgehead atoms. The van der Waals surface area contributed by atoms with Crippen molar-refractivity contribution in [2.75, 3.05) is 5.32 Å². The first-order valence-electron chi connectivity index (χ1n) is 10.8. The minimum Gasteiger partial charge on any atom is -0.508 e. The fourth-order valence-electron chi connectivity index (χ4n) is 3.77. The zero-order valence-corrected chi connectivity index (χ0v) is 20.5. The van der Waals surface area contributed by atoms with Crippen molar-refractivity contribution in [1.82, 2.24) is 5.48 Å². The Hall–Kier alpha value is -3.36. The highest BCUT2D eigenvalue weighted by molar-refractivity contribution is 9.10. The van der Waals surface area contributed by atoms with Crippen LogP contribution >= 0.6 is 15.9 Å². The molecule has 1 atom stereocenters. The van der Waals surface area contributed by atoms with Gasteiger partial charge in [0, 0.05) is 26.9 Å². The molecule has 0 saturated heterocycles. The number of hydrogen-bond donors (Lipinski definition) is 4. The summed E-state index contributed by atoms with van der Waals surface area (Å²) in [5.41, 5.74) is 2.01. The normalized spacial score (nSPS) is 12.5. The minimum absolute atomic E-state index is 0.00874. The Labute approximate surface area is 206 Å². The van der Waals surface area contributed by atoms with Crippen LogP contribution in [0.2, 0.25) is 0 Å². The smallest absolute Gasteiger partial charge is 0.412 e. The average molecular weight is 527 g/mol. The van der Waals surface area contributed by atoms with Crippen LogP contribution in [0.1, 0.15) is 38.4 Å². The third-order valence-corrected chi connectivity index (χ3v) is 6.06. The van der Waals surface area contributed by atoms with Crippen LogP contribution < -0.4 is 10.8 Å². The molecule has 0 aliphatic carbocycles. The number of anilines is 1. The summed E-state index contributed by atoms with van der Waals surface area (Å²) in [4.78, 5) is 24.2. The van der Waals surface area contributed by atoms with Crippen LogP contribution in [0.4, 0.5) is 10.5 Å². The SMILES string of the molecule is CC(C)(CC/C=C/C(=O)NO)[C@H](OC(=O)Nc1cccc2ccccc12)c1cc(Br)ccc1O. The first-order chi connectivity index (χ1) is 16.2. The van der Waals surface area contributed by atoms with Gasteiger partial charge in [-0.1, -0.05) is 72.3 Å². The molecular formula is C26H27BrN2O5. The summed E-state index contributed by atoms with van der Waals surface area (Å²) >= 11 is 3.42. The predicted octanol–water partition coefficient (Wildman–Crippen LogP) is 6.47. The zero-order valence-electron chi connectivity index (χ0n) is 18.9. The average Bonchev–Trinajstić information content (AvgIpc) is 2.82. The van der Waals surface area contributed by atoms with E-state index in [1.165, 1.54) is 6.08 Å². The number of hydroxylamine groups is 1. The number of halogens is 1. The molecule has 0 fully saturated rings. The van der Waals surface area contributed by atoms with Crippen molar-refractivity contribution in [2.24, 2.45) is 5.41 Å². The van der Waals surface area contributed by atoms with E-state index in [1.807, 2.05) is 50.2 Å². The second-order valence-electron chi connectivity index (χ2n) is 8.55. The topological polar surface area (TPSA) is 108 Å².